The van der Waals surface area contributed by atoms with Crippen LogP contribution in [0.4, 0.5) is 11.6 Å². The van der Waals surface area contributed by atoms with Crippen LogP contribution in [0.15, 0.2) is 29.1 Å². The summed E-state index contributed by atoms with van der Waals surface area (Å²) in [6.07, 6.45) is 5.64. The van der Waals surface area contributed by atoms with Crippen molar-refractivity contribution in [2.75, 3.05) is 43.1 Å². The molecule has 0 radical (unpaired) electrons. The molecule has 0 bridgehead atoms. The lowest BCUT2D eigenvalue weighted by Crippen LogP contribution is -2.39. The molecule has 31 heavy (non-hydrogen) atoms. The minimum atomic E-state index is -0.368. The molecule has 1 aromatic carbocycles. The smallest absolute Gasteiger partial charge is 0.255 e. The summed E-state index contributed by atoms with van der Waals surface area (Å²) in [6, 6.07) is 6.87. The number of carbonyl (C=O) groups excluding carboxylic acids is 2. The molecule has 162 valence electrons. The Balaban J connectivity index is 1.49. The fourth-order valence-corrected chi connectivity index (χ4v) is 3.21. The monoisotopic (exact) mass is 423 g/mol. The number of aryl methyl sites for hydroxylation is 1. The molecular formula is C22H25N5O4. The molecule has 2 aromatic rings. The minimum Gasteiger partial charge on any atom is -0.378 e. The summed E-state index contributed by atoms with van der Waals surface area (Å²) in [7, 11) is 0. The predicted molar refractivity (Wildman–Crippen MR) is 117 cm³/mol. The second-order valence-corrected chi connectivity index (χ2v) is 7.10. The molecule has 0 spiro atoms. The standard InChI is InChI=1S/C22H25N5O4/c1-3-16-5-4-6-17(13-16)25-20(29)14-23-19(28)8-7-18-15(2)24-22(26-21(18)30)27-9-11-31-12-10-27/h1,4-6,13H,7-12,14H2,2H3,(H,23,28)(H,25,29)(H,24,26,30). The van der Waals surface area contributed by atoms with Crippen LogP contribution in [0.25, 0.3) is 0 Å². The first kappa shape index (κ1) is 22.1. The van der Waals surface area contributed by atoms with Crippen molar-refractivity contribution in [3.05, 3.63) is 51.4 Å². The van der Waals surface area contributed by atoms with Gasteiger partial charge in [-0.15, -0.1) is 6.42 Å². The number of hydrogen-bond donors (Lipinski definition) is 3. The van der Waals surface area contributed by atoms with E-state index in [1.807, 2.05) is 4.90 Å². The van der Waals surface area contributed by atoms with Gasteiger partial charge in [0.15, 0.2) is 0 Å². The van der Waals surface area contributed by atoms with Gasteiger partial charge in [0, 0.05) is 42.0 Å². The van der Waals surface area contributed by atoms with E-state index >= 15 is 0 Å². The van der Waals surface area contributed by atoms with Crippen molar-refractivity contribution in [3.63, 3.8) is 0 Å². The molecule has 1 aromatic heterocycles. The zero-order valence-corrected chi connectivity index (χ0v) is 17.4. The van der Waals surface area contributed by atoms with Crippen molar-refractivity contribution in [2.24, 2.45) is 0 Å². The van der Waals surface area contributed by atoms with Crippen molar-refractivity contribution in [1.82, 2.24) is 15.3 Å². The van der Waals surface area contributed by atoms with E-state index in [9.17, 15) is 14.4 Å². The van der Waals surface area contributed by atoms with Crippen molar-refractivity contribution in [2.45, 2.75) is 19.8 Å². The van der Waals surface area contributed by atoms with E-state index in [1.165, 1.54) is 0 Å². The number of morpholine rings is 1. The molecular weight excluding hydrogens is 398 g/mol. The van der Waals surface area contributed by atoms with Gasteiger partial charge in [-0.1, -0.05) is 12.0 Å². The van der Waals surface area contributed by atoms with Gasteiger partial charge in [0.05, 0.1) is 19.8 Å². The molecule has 1 saturated heterocycles. The molecule has 0 atom stereocenters. The number of rotatable bonds is 7. The highest BCUT2D eigenvalue weighted by Crippen LogP contribution is 2.11. The highest BCUT2D eigenvalue weighted by Gasteiger charge is 2.17. The Bertz CT molecular complexity index is 1050. The number of H-pyrrole nitrogens is 1. The molecule has 0 saturated carbocycles. The number of ether oxygens (including phenoxy) is 1. The van der Waals surface area contributed by atoms with Crippen molar-refractivity contribution < 1.29 is 14.3 Å². The number of carbonyl (C=O) groups is 2. The van der Waals surface area contributed by atoms with Crippen LogP contribution in [0.2, 0.25) is 0 Å². The number of aromatic nitrogens is 2. The van der Waals surface area contributed by atoms with Gasteiger partial charge in [0.1, 0.15) is 0 Å². The molecule has 9 nitrogen and oxygen atoms in total. The highest BCUT2D eigenvalue weighted by molar-refractivity contribution is 5.94. The number of nitrogens with one attached hydrogen (secondary N) is 3. The fourth-order valence-electron chi connectivity index (χ4n) is 3.21. The third-order valence-corrected chi connectivity index (χ3v) is 4.88. The average Bonchev–Trinajstić information content (AvgIpc) is 2.77. The van der Waals surface area contributed by atoms with Gasteiger partial charge in [0.2, 0.25) is 17.8 Å². The van der Waals surface area contributed by atoms with Crippen LogP contribution in [-0.4, -0.2) is 54.6 Å². The van der Waals surface area contributed by atoms with E-state index in [-0.39, 0.29) is 36.8 Å². The molecule has 1 aliphatic heterocycles. The van der Waals surface area contributed by atoms with Crippen molar-refractivity contribution in [1.29, 1.82) is 0 Å². The first-order valence-electron chi connectivity index (χ1n) is 10.0. The quantitative estimate of drug-likeness (QED) is 0.561. The first-order valence-corrected chi connectivity index (χ1v) is 10.0. The largest absolute Gasteiger partial charge is 0.378 e. The molecule has 2 heterocycles. The van der Waals surface area contributed by atoms with Crippen LogP contribution >= 0.6 is 0 Å². The second-order valence-electron chi connectivity index (χ2n) is 7.10. The van der Waals surface area contributed by atoms with Gasteiger partial charge >= 0.3 is 0 Å². The summed E-state index contributed by atoms with van der Waals surface area (Å²) in [5.41, 5.74) is 2.00. The van der Waals surface area contributed by atoms with Crippen LogP contribution in [0.3, 0.4) is 0 Å². The van der Waals surface area contributed by atoms with Gasteiger partial charge in [-0.05, 0) is 31.5 Å². The molecule has 0 unspecified atom stereocenters. The Labute approximate surface area is 180 Å². The summed E-state index contributed by atoms with van der Waals surface area (Å²) in [6.45, 7) is 4.09. The number of amides is 2. The number of nitrogens with zero attached hydrogens (tertiary/aromatic N) is 2. The van der Waals surface area contributed by atoms with E-state index in [0.717, 1.165) is 0 Å². The maximum Gasteiger partial charge on any atom is 0.255 e. The minimum absolute atomic E-state index is 0.0718. The Morgan fingerprint density at radius 3 is 2.77 bits per heavy atom. The highest BCUT2D eigenvalue weighted by atomic mass is 16.5. The van der Waals surface area contributed by atoms with E-state index < -0.39 is 0 Å². The van der Waals surface area contributed by atoms with E-state index in [1.54, 1.807) is 31.2 Å². The number of benzene rings is 1. The third kappa shape index (κ3) is 6.17. The van der Waals surface area contributed by atoms with Gasteiger partial charge in [-0.25, -0.2) is 4.98 Å². The maximum absolute atomic E-state index is 12.5. The van der Waals surface area contributed by atoms with E-state index in [4.69, 9.17) is 11.2 Å². The topological polar surface area (TPSA) is 116 Å². The molecule has 2 amide bonds. The average molecular weight is 423 g/mol. The summed E-state index contributed by atoms with van der Waals surface area (Å²) >= 11 is 0. The van der Waals surface area contributed by atoms with Crippen LogP contribution in [0, 0.1) is 19.3 Å². The summed E-state index contributed by atoms with van der Waals surface area (Å²) < 4.78 is 5.31. The van der Waals surface area contributed by atoms with Crippen LogP contribution in [-0.2, 0) is 20.7 Å². The summed E-state index contributed by atoms with van der Waals surface area (Å²) in [5.74, 6) is 2.31. The molecule has 1 fully saturated rings. The lowest BCUT2D eigenvalue weighted by atomic mass is 10.1. The molecule has 3 N–H and O–H groups in total. The number of hydrogen-bond acceptors (Lipinski definition) is 6. The molecule has 1 aliphatic rings. The Hall–Kier alpha value is -3.64. The lowest BCUT2D eigenvalue weighted by molar-refractivity contribution is -0.124. The van der Waals surface area contributed by atoms with E-state index in [0.29, 0.717) is 54.8 Å². The molecule has 0 aliphatic carbocycles. The zero-order valence-electron chi connectivity index (χ0n) is 17.4. The summed E-state index contributed by atoms with van der Waals surface area (Å²) in [5, 5.41) is 5.23. The zero-order chi connectivity index (χ0) is 22.2. The molecule has 3 rings (SSSR count). The number of anilines is 2. The van der Waals surface area contributed by atoms with Gasteiger partial charge < -0.3 is 20.3 Å². The predicted octanol–water partition coefficient (Wildman–Crippen LogP) is 0.584. The van der Waals surface area contributed by atoms with Crippen molar-refractivity contribution >= 4 is 23.5 Å². The molecule has 9 heteroatoms. The second kappa shape index (κ2) is 10.4. The van der Waals surface area contributed by atoms with Crippen LogP contribution < -0.4 is 21.1 Å². The Kier molecular flexibility index (Phi) is 7.40. The fraction of sp³-hybridized carbons (Fsp3) is 0.364. The van der Waals surface area contributed by atoms with Gasteiger partial charge in [-0.2, -0.15) is 0 Å². The van der Waals surface area contributed by atoms with E-state index in [2.05, 4.69) is 26.5 Å². The van der Waals surface area contributed by atoms with Crippen LogP contribution in [0.1, 0.15) is 23.2 Å². The normalized spacial score (nSPS) is 13.4. The van der Waals surface area contributed by atoms with Crippen molar-refractivity contribution in [3.8, 4) is 12.3 Å². The Morgan fingerprint density at radius 2 is 2.06 bits per heavy atom. The third-order valence-electron chi connectivity index (χ3n) is 4.88. The van der Waals surface area contributed by atoms with Gasteiger partial charge in [0.25, 0.3) is 5.56 Å². The maximum atomic E-state index is 12.5. The van der Waals surface area contributed by atoms with Gasteiger partial charge in [-0.3, -0.25) is 19.4 Å². The first-order chi connectivity index (χ1) is 15.0. The Morgan fingerprint density at radius 1 is 1.29 bits per heavy atom. The number of aromatic amines is 1. The number of terminal acetylenes is 1. The SMILES string of the molecule is C#Cc1cccc(NC(=O)CNC(=O)CCc2c(C)nc(N3CCOCC3)[nH]c2=O)c1. The summed E-state index contributed by atoms with van der Waals surface area (Å²) in [4.78, 5) is 45.9. The van der Waals surface area contributed by atoms with Crippen LogP contribution in [0.5, 0.6) is 0 Å². The lowest BCUT2D eigenvalue weighted by Gasteiger charge is -2.27.